The molecule has 0 saturated carbocycles. The Morgan fingerprint density at radius 3 is 1.32 bits per heavy atom. The third-order valence-corrected chi connectivity index (χ3v) is 5.76. The third kappa shape index (κ3) is 11.5. The molecule has 0 aliphatic carbocycles. The van der Waals surface area contributed by atoms with Gasteiger partial charge in [0.25, 0.3) is 0 Å². The van der Waals surface area contributed by atoms with Crippen LogP contribution in [0.4, 0.5) is 0 Å². The fraction of sp³-hybridized carbons (Fsp3) is 0.379. The molecule has 0 amide bonds. The molecule has 5 nitrogen and oxygen atoms in total. The average molecular weight is 460 g/mol. The minimum absolute atomic E-state index is 0.921. The van der Waals surface area contributed by atoms with Gasteiger partial charge in [0.15, 0.2) is 0 Å². The van der Waals surface area contributed by atoms with Crippen molar-refractivity contribution in [3.8, 4) is 0 Å². The van der Waals surface area contributed by atoms with Crippen LogP contribution in [0.3, 0.4) is 0 Å². The van der Waals surface area contributed by atoms with Crippen LogP contribution < -0.4 is 21.3 Å². The van der Waals surface area contributed by atoms with Crippen molar-refractivity contribution in [1.29, 1.82) is 0 Å². The van der Waals surface area contributed by atoms with Gasteiger partial charge in [0.05, 0.1) is 0 Å². The Bertz CT molecular complexity index is 857. The van der Waals surface area contributed by atoms with E-state index in [1.54, 1.807) is 0 Å². The molecule has 3 rings (SSSR count). The summed E-state index contributed by atoms with van der Waals surface area (Å²) in [7, 11) is 0. The smallest absolute Gasteiger partial charge is 0.0234 e. The lowest BCUT2D eigenvalue weighted by Crippen LogP contribution is -2.38. The Labute approximate surface area is 206 Å². The van der Waals surface area contributed by atoms with Gasteiger partial charge >= 0.3 is 0 Å². The van der Waals surface area contributed by atoms with Gasteiger partial charge in [-0.05, 0) is 16.7 Å². The Kier molecular flexibility index (Phi) is 13.0. The van der Waals surface area contributed by atoms with Gasteiger partial charge in [0, 0.05) is 72.0 Å². The number of hydrogen-bond acceptors (Lipinski definition) is 5. The van der Waals surface area contributed by atoms with Crippen LogP contribution in [0, 0.1) is 0 Å². The van der Waals surface area contributed by atoms with E-state index in [9.17, 15) is 0 Å². The van der Waals surface area contributed by atoms with E-state index in [0.29, 0.717) is 0 Å². The predicted octanol–water partition coefficient (Wildman–Crippen LogP) is 3.25. The lowest BCUT2D eigenvalue weighted by Gasteiger charge is -2.23. The van der Waals surface area contributed by atoms with Crippen LogP contribution in [0.2, 0.25) is 0 Å². The minimum Gasteiger partial charge on any atom is -0.314 e. The number of rotatable bonds is 18. The molecule has 3 aromatic rings. The second-order valence-corrected chi connectivity index (χ2v) is 8.59. The van der Waals surface area contributed by atoms with Gasteiger partial charge in [-0.3, -0.25) is 4.90 Å². The van der Waals surface area contributed by atoms with Crippen molar-refractivity contribution in [2.75, 3.05) is 52.4 Å². The van der Waals surface area contributed by atoms with Crippen LogP contribution in [0.1, 0.15) is 16.7 Å². The van der Waals surface area contributed by atoms with Gasteiger partial charge in [-0.1, -0.05) is 91.0 Å². The maximum Gasteiger partial charge on any atom is 0.0234 e. The zero-order valence-electron chi connectivity index (χ0n) is 20.4. The van der Waals surface area contributed by atoms with Crippen molar-refractivity contribution in [2.24, 2.45) is 0 Å². The monoisotopic (exact) mass is 459 g/mol. The molecule has 3 aromatic carbocycles. The highest BCUT2D eigenvalue weighted by molar-refractivity contribution is 5.15. The SMILES string of the molecule is c1ccc(CNCCNCCNCCN(CCNCc2ccccc2)Cc2ccccc2)cc1. The summed E-state index contributed by atoms with van der Waals surface area (Å²) in [4.78, 5) is 2.53. The van der Waals surface area contributed by atoms with Crippen molar-refractivity contribution in [3.05, 3.63) is 108 Å². The Hall–Kier alpha value is -2.54. The van der Waals surface area contributed by atoms with Crippen molar-refractivity contribution in [3.63, 3.8) is 0 Å². The summed E-state index contributed by atoms with van der Waals surface area (Å²) in [5, 5.41) is 14.2. The quantitative estimate of drug-likeness (QED) is 0.220. The van der Waals surface area contributed by atoms with E-state index in [0.717, 1.165) is 72.0 Å². The van der Waals surface area contributed by atoms with Crippen LogP contribution in [0.5, 0.6) is 0 Å². The van der Waals surface area contributed by atoms with Crippen LogP contribution in [0.25, 0.3) is 0 Å². The summed E-state index contributed by atoms with van der Waals surface area (Å²) < 4.78 is 0. The molecule has 34 heavy (non-hydrogen) atoms. The molecule has 0 atom stereocenters. The van der Waals surface area contributed by atoms with E-state index in [1.165, 1.54) is 16.7 Å². The summed E-state index contributed by atoms with van der Waals surface area (Å²) in [6, 6.07) is 31.9. The second kappa shape index (κ2) is 17.0. The number of nitrogens with one attached hydrogen (secondary N) is 4. The van der Waals surface area contributed by atoms with Gasteiger partial charge < -0.3 is 21.3 Å². The van der Waals surface area contributed by atoms with Crippen LogP contribution >= 0.6 is 0 Å². The van der Waals surface area contributed by atoms with Gasteiger partial charge in [0.1, 0.15) is 0 Å². The second-order valence-electron chi connectivity index (χ2n) is 8.59. The first kappa shape index (κ1) is 26.1. The first-order valence-electron chi connectivity index (χ1n) is 12.6. The van der Waals surface area contributed by atoms with Crippen LogP contribution in [0.15, 0.2) is 91.0 Å². The highest BCUT2D eigenvalue weighted by Crippen LogP contribution is 2.04. The third-order valence-electron chi connectivity index (χ3n) is 5.76. The molecule has 0 spiro atoms. The Morgan fingerprint density at radius 2 is 0.794 bits per heavy atom. The maximum atomic E-state index is 3.59. The first-order chi connectivity index (χ1) is 16.9. The zero-order valence-corrected chi connectivity index (χ0v) is 20.4. The molecule has 0 aliphatic rings. The van der Waals surface area contributed by atoms with Gasteiger partial charge in [-0.25, -0.2) is 0 Å². The van der Waals surface area contributed by atoms with E-state index in [1.807, 2.05) is 0 Å². The summed E-state index contributed by atoms with van der Waals surface area (Å²) in [5.74, 6) is 0. The molecule has 0 aliphatic heterocycles. The Balaban J connectivity index is 1.24. The van der Waals surface area contributed by atoms with Crippen molar-refractivity contribution < 1.29 is 0 Å². The minimum atomic E-state index is 0.921. The summed E-state index contributed by atoms with van der Waals surface area (Å²) in [6.07, 6.45) is 0. The Morgan fingerprint density at radius 1 is 0.412 bits per heavy atom. The van der Waals surface area contributed by atoms with Crippen molar-refractivity contribution in [1.82, 2.24) is 26.2 Å². The molecule has 0 saturated heterocycles. The molecule has 0 fully saturated rings. The molecule has 5 heteroatoms. The summed E-state index contributed by atoms with van der Waals surface area (Å²) in [6.45, 7) is 10.9. The molecule has 0 bridgehead atoms. The number of benzene rings is 3. The standard InChI is InChI=1S/C29H41N5/c1-4-10-27(11-5-1)24-32-19-18-30-16-17-31-20-22-34(26-29-14-8-3-9-15-29)23-21-33-25-28-12-6-2-7-13-28/h1-15,30-33H,16-26H2. The predicted molar refractivity (Wildman–Crippen MR) is 144 cm³/mol. The van der Waals surface area contributed by atoms with Gasteiger partial charge in [0.2, 0.25) is 0 Å². The number of hydrogen-bond donors (Lipinski definition) is 4. The number of nitrogens with zero attached hydrogens (tertiary/aromatic N) is 1. The molecule has 0 unspecified atom stereocenters. The molecule has 0 aromatic heterocycles. The first-order valence-corrected chi connectivity index (χ1v) is 12.6. The molecule has 0 radical (unpaired) electrons. The average Bonchev–Trinajstić information content (AvgIpc) is 2.89. The van der Waals surface area contributed by atoms with E-state index < -0.39 is 0 Å². The van der Waals surface area contributed by atoms with E-state index in [2.05, 4.69) is 117 Å². The zero-order chi connectivity index (χ0) is 23.5. The van der Waals surface area contributed by atoms with E-state index >= 15 is 0 Å². The molecule has 182 valence electrons. The maximum absolute atomic E-state index is 3.59. The fourth-order valence-corrected chi connectivity index (χ4v) is 3.85. The summed E-state index contributed by atoms with van der Waals surface area (Å²) >= 11 is 0. The van der Waals surface area contributed by atoms with E-state index in [4.69, 9.17) is 0 Å². The van der Waals surface area contributed by atoms with Crippen molar-refractivity contribution in [2.45, 2.75) is 19.6 Å². The lowest BCUT2D eigenvalue weighted by atomic mass is 10.2. The summed E-state index contributed by atoms with van der Waals surface area (Å²) in [5.41, 5.74) is 4.04. The fourth-order valence-electron chi connectivity index (χ4n) is 3.85. The van der Waals surface area contributed by atoms with E-state index in [-0.39, 0.29) is 0 Å². The van der Waals surface area contributed by atoms with Crippen LogP contribution in [-0.4, -0.2) is 57.3 Å². The van der Waals surface area contributed by atoms with Crippen molar-refractivity contribution >= 4 is 0 Å². The topological polar surface area (TPSA) is 51.4 Å². The lowest BCUT2D eigenvalue weighted by molar-refractivity contribution is 0.264. The van der Waals surface area contributed by atoms with Gasteiger partial charge in [-0.2, -0.15) is 0 Å². The molecular formula is C29H41N5. The normalized spacial score (nSPS) is 11.2. The van der Waals surface area contributed by atoms with Crippen LogP contribution in [-0.2, 0) is 19.6 Å². The highest BCUT2D eigenvalue weighted by Gasteiger charge is 2.06. The molecule has 4 N–H and O–H groups in total. The molecule has 0 heterocycles. The molecular weight excluding hydrogens is 418 g/mol. The largest absolute Gasteiger partial charge is 0.314 e. The highest BCUT2D eigenvalue weighted by atomic mass is 15.2. The van der Waals surface area contributed by atoms with Gasteiger partial charge in [-0.15, -0.1) is 0 Å².